The minimum Gasteiger partial charge on any atom is -0.458 e. The number of carbonyl (C=O) groups excluding carboxylic acids is 2. The Kier molecular flexibility index (Phi) is 8.67. The fourth-order valence-corrected chi connectivity index (χ4v) is 5.40. The Morgan fingerprint density at radius 3 is 2.91 bits per heavy atom. The number of fused-ring (bicyclic) bond motifs is 1. The monoisotopic (exact) mass is 516 g/mol. The zero-order valence-corrected chi connectivity index (χ0v) is 21.2. The summed E-state index contributed by atoms with van der Waals surface area (Å²) in [5.41, 5.74) is 2.58. The number of amides is 1. The first-order valence-electron chi connectivity index (χ1n) is 11.5. The van der Waals surface area contributed by atoms with Gasteiger partial charge in [0, 0.05) is 36.9 Å². The topological polar surface area (TPSA) is 83.5 Å². The highest BCUT2D eigenvalue weighted by Gasteiger charge is 2.41. The Morgan fingerprint density at radius 1 is 1.37 bits per heavy atom. The summed E-state index contributed by atoms with van der Waals surface area (Å²) < 4.78 is 10.8. The first-order chi connectivity index (χ1) is 17.0. The van der Waals surface area contributed by atoms with Crippen molar-refractivity contribution in [3.05, 3.63) is 69.9 Å². The Morgan fingerprint density at radius 2 is 2.17 bits per heavy atom. The van der Waals surface area contributed by atoms with Crippen molar-refractivity contribution in [3.63, 3.8) is 0 Å². The van der Waals surface area contributed by atoms with Gasteiger partial charge in [-0.2, -0.15) is 0 Å². The first-order valence-corrected chi connectivity index (χ1v) is 12.8. The molecule has 4 rings (SSSR count). The van der Waals surface area contributed by atoms with Gasteiger partial charge in [-0.3, -0.25) is 9.69 Å². The molecule has 1 unspecified atom stereocenters. The van der Waals surface area contributed by atoms with E-state index in [9.17, 15) is 9.59 Å². The number of esters is 1. The van der Waals surface area contributed by atoms with Crippen LogP contribution in [0, 0.1) is 0 Å². The van der Waals surface area contributed by atoms with E-state index < -0.39 is 12.0 Å². The van der Waals surface area contributed by atoms with Gasteiger partial charge in [0.2, 0.25) is 5.91 Å². The van der Waals surface area contributed by atoms with Crippen molar-refractivity contribution in [1.29, 1.82) is 0 Å². The summed E-state index contributed by atoms with van der Waals surface area (Å²) in [5, 5.41) is 6.20. The second-order valence-electron chi connectivity index (χ2n) is 8.32. The van der Waals surface area contributed by atoms with Gasteiger partial charge in [-0.05, 0) is 30.0 Å². The number of benzene rings is 1. The third kappa shape index (κ3) is 6.16. The number of hydrogen-bond acceptors (Lipinski definition) is 8. The molecule has 186 valence electrons. The van der Waals surface area contributed by atoms with Crippen molar-refractivity contribution in [2.45, 2.75) is 19.4 Å². The number of allylic oxidation sites excluding steroid dienone is 1. The Bertz CT molecular complexity index is 1080. The Hall–Kier alpha value is -2.59. The van der Waals surface area contributed by atoms with E-state index in [1.165, 1.54) is 17.8 Å². The normalized spacial score (nSPS) is 20.2. The molecule has 1 amide bonds. The van der Waals surface area contributed by atoms with Gasteiger partial charge in [-0.25, -0.2) is 9.79 Å². The lowest BCUT2D eigenvalue weighted by molar-refractivity contribution is -0.138. The molecule has 1 fully saturated rings. The molecule has 0 spiro atoms. The van der Waals surface area contributed by atoms with Crippen LogP contribution < -0.4 is 5.32 Å². The number of morpholine rings is 1. The molecule has 1 saturated heterocycles. The average molecular weight is 517 g/mol. The summed E-state index contributed by atoms with van der Waals surface area (Å²) in [4.78, 5) is 34.8. The highest BCUT2D eigenvalue weighted by molar-refractivity contribution is 8.16. The van der Waals surface area contributed by atoms with Crippen LogP contribution in [0.4, 0.5) is 0 Å². The molecular weight excluding hydrogens is 488 g/mol. The number of aliphatic imine (C=N–C) groups is 1. The fraction of sp³-hybridized carbons (Fsp3) is 0.400. The molecule has 1 aromatic carbocycles. The number of nitrogens with one attached hydrogen (secondary N) is 1. The molecule has 0 saturated carbocycles. The van der Waals surface area contributed by atoms with Gasteiger partial charge in [0.15, 0.2) is 5.17 Å². The molecule has 3 aliphatic heterocycles. The van der Waals surface area contributed by atoms with Gasteiger partial charge in [-0.15, -0.1) is 0 Å². The van der Waals surface area contributed by atoms with Crippen LogP contribution in [0.1, 0.15) is 24.9 Å². The minimum atomic E-state index is -0.513. The van der Waals surface area contributed by atoms with Crippen molar-refractivity contribution in [2.24, 2.45) is 4.99 Å². The molecule has 0 bridgehead atoms. The SMILES string of the molecule is C=CCOC(=O)C1=C(C)N=C2SC=C(CC(=O)NCCN3CCOCC3)N2C1c1cccc(Cl)c1. The number of rotatable bonds is 9. The van der Waals surface area contributed by atoms with E-state index in [0.717, 1.165) is 44.1 Å². The van der Waals surface area contributed by atoms with Crippen LogP contribution in [0.3, 0.4) is 0 Å². The van der Waals surface area contributed by atoms with Gasteiger partial charge in [0.05, 0.1) is 36.9 Å². The van der Waals surface area contributed by atoms with Crippen molar-refractivity contribution in [2.75, 3.05) is 46.0 Å². The molecule has 0 aliphatic carbocycles. The van der Waals surface area contributed by atoms with Crippen LogP contribution in [0.15, 0.2) is 64.3 Å². The van der Waals surface area contributed by atoms with Crippen LogP contribution in [-0.4, -0.2) is 72.8 Å². The van der Waals surface area contributed by atoms with Crippen molar-refractivity contribution in [3.8, 4) is 0 Å². The third-order valence-corrected chi connectivity index (χ3v) is 7.04. The number of hydrogen-bond donors (Lipinski definition) is 1. The summed E-state index contributed by atoms with van der Waals surface area (Å²) in [5.74, 6) is -0.556. The van der Waals surface area contributed by atoms with E-state index in [0.29, 0.717) is 28.0 Å². The minimum absolute atomic E-state index is 0.0849. The molecule has 3 heterocycles. The number of thioether (sulfide) groups is 1. The smallest absolute Gasteiger partial charge is 0.338 e. The van der Waals surface area contributed by atoms with Gasteiger partial charge < -0.3 is 19.7 Å². The van der Waals surface area contributed by atoms with Crippen molar-refractivity contribution < 1.29 is 19.1 Å². The summed E-state index contributed by atoms with van der Waals surface area (Å²) >= 11 is 7.74. The molecular formula is C25H29ClN4O4S. The lowest BCUT2D eigenvalue weighted by atomic mass is 9.94. The predicted molar refractivity (Wildman–Crippen MR) is 138 cm³/mol. The largest absolute Gasteiger partial charge is 0.458 e. The number of ether oxygens (including phenoxy) is 2. The second-order valence-corrected chi connectivity index (χ2v) is 9.59. The van der Waals surface area contributed by atoms with Crippen LogP contribution in [0.2, 0.25) is 5.02 Å². The predicted octanol–water partition coefficient (Wildman–Crippen LogP) is 3.48. The highest BCUT2D eigenvalue weighted by Crippen LogP contribution is 2.45. The summed E-state index contributed by atoms with van der Waals surface area (Å²) in [6.07, 6.45) is 1.69. The van der Waals surface area contributed by atoms with Gasteiger partial charge in [0.25, 0.3) is 0 Å². The Labute approximate surface area is 214 Å². The van der Waals surface area contributed by atoms with E-state index in [4.69, 9.17) is 21.1 Å². The molecule has 10 heteroatoms. The molecule has 1 aromatic rings. The molecule has 0 aromatic heterocycles. The maximum atomic E-state index is 13.1. The maximum Gasteiger partial charge on any atom is 0.338 e. The van der Waals surface area contributed by atoms with Gasteiger partial charge in [-0.1, -0.05) is 48.2 Å². The fourth-order valence-electron chi connectivity index (χ4n) is 4.24. The van der Waals surface area contributed by atoms with E-state index in [2.05, 4.69) is 21.8 Å². The summed E-state index contributed by atoms with van der Waals surface area (Å²) in [6, 6.07) is 6.85. The lowest BCUT2D eigenvalue weighted by Crippen LogP contribution is -2.42. The molecule has 8 nitrogen and oxygen atoms in total. The first kappa shape index (κ1) is 25.5. The molecule has 35 heavy (non-hydrogen) atoms. The van der Waals surface area contributed by atoms with E-state index in [1.54, 1.807) is 13.0 Å². The average Bonchev–Trinajstić information content (AvgIpc) is 3.24. The Balaban J connectivity index is 1.52. The zero-order chi connectivity index (χ0) is 24.8. The van der Waals surface area contributed by atoms with Crippen molar-refractivity contribution >= 4 is 40.4 Å². The number of nitrogens with zero attached hydrogens (tertiary/aromatic N) is 3. The number of amidine groups is 1. The molecule has 0 radical (unpaired) electrons. The lowest BCUT2D eigenvalue weighted by Gasteiger charge is -2.36. The van der Waals surface area contributed by atoms with Crippen LogP contribution in [0.25, 0.3) is 0 Å². The maximum absolute atomic E-state index is 13.1. The van der Waals surface area contributed by atoms with E-state index in [-0.39, 0.29) is 18.9 Å². The van der Waals surface area contributed by atoms with Gasteiger partial charge >= 0.3 is 5.97 Å². The summed E-state index contributed by atoms with van der Waals surface area (Å²) in [7, 11) is 0. The second kappa shape index (κ2) is 11.9. The summed E-state index contributed by atoms with van der Waals surface area (Å²) in [6.45, 7) is 10.1. The molecule has 1 N–H and O–H groups in total. The molecule has 1 atom stereocenters. The van der Waals surface area contributed by atoms with Crippen LogP contribution in [-0.2, 0) is 19.1 Å². The zero-order valence-electron chi connectivity index (χ0n) is 19.7. The standard InChI is InChI=1S/C25H29ClN4O4S/c1-3-11-34-24(32)22-17(2)28-25-30(23(22)18-5-4-6-19(26)14-18)20(16-35-25)15-21(31)27-7-8-29-9-12-33-13-10-29/h3-6,14,16,23H,1,7-13,15H2,2H3,(H,27,31). The third-order valence-electron chi connectivity index (χ3n) is 5.91. The van der Waals surface area contributed by atoms with E-state index in [1.807, 2.05) is 28.5 Å². The van der Waals surface area contributed by atoms with E-state index >= 15 is 0 Å². The van der Waals surface area contributed by atoms with Crippen LogP contribution >= 0.6 is 23.4 Å². The van der Waals surface area contributed by atoms with Gasteiger partial charge in [0.1, 0.15) is 6.61 Å². The number of carbonyl (C=O) groups is 2. The molecule has 3 aliphatic rings. The quantitative estimate of drug-likeness (QED) is 0.397. The van der Waals surface area contributed by atoms with Crippen LogP contribution in [0.5, 0.6) is 0 Å². The van der Waals surface area contributed by atoms with Crippen molar-refractivity contribution in [1.82, 2.24) is 15.1 Å². The number of halogens is 1. The highest BCUT2D eigenvalue weighted by atomic mass is 35.5.